The molecule has 1 amide bonds. The second kappa shape index (κ2) is 6.96. The minimum Gasteiger partial charge on any atom is -0.358 e. The summed E-state index contributed by atoms with van der Waals surface area (Å²) in [5.41, 5.74) is 1.64. The number of carbonyl (C=O) groups is 1. The second-order valence-electron chi connectivity index (χ2n) is 6.64. The molecular formula is C18H19N7O. The third kappa shape index (κ3) is 3.16. The lowest BCUT2D eigenvalue weighted by molar-refractivity contribution is 0.0939. The van der Waals surface area contributed by atoms with E-state index in [2.05, 4.69) is 31.3 Å². The van der Waals surface area contributed by atoms with Gasteiger partial charge in [0.1, 0.15) is 6.33 Å². The van der Waals surface area contributed by atoms with E-state index in [1.54, 1.807) is 29.5 Å². The van der Waals surface area contributed by atoms with E-state index in [0.717, 1.165) is 25.7 Å². The number of carbonyl (C=O) groups excluding carboxylic acids is 1. The largest absolute Gasteiger partial charge is 0.358 e. The number of imidazole rings is 1. The van der Waals surface area contributed by atoms with Crippen LogP contribution in [0.15, 0.2) is 31.0 Å². The molecule has 0 atom stereocenters. The van der Waals surface area contributed by atoms with Gasteiger partial charge in [-0.3, -0.25) is 9.36 Å². The van der Waals surface area contributed by atoms with E-state index in [9.17, 15) is 4.79 Å². The zero-order chi connectivity index (χ0) is 17.9. The van der Waals surface area contributed by atoms with Gasteiger partial charge < -0.3 is 10.3 Å². The van der Waals surface area contributed by atoms with Gasteiger partial charge in [0.05, 0.1) is 17.1 Å². The number of aromatic amines is 1. The van der Waals surface area contributed by atoms with Crippen molar-refractivity contribution < 1.29 is 4.79 Å². The van der Waals surface area contributed by atoms with Crippen LogP contribution in [0, 0.1) is 23.2 Å². The quantitative estimate of drug-likeness (QED) is 0.750. The zero-order valence-electron chi connectivity index (χ0n) is 14.2. The molecule has 3 heterocycles. The van der Waals surface area contributed by atoms with Gasteiger partial charge in [-0.25, -0.2) is 15.0 Å². The number of rotatable bonds is 4. The number of fused-ring (bicyclic) bond motifs is 1. The maximum Gasteiger partial charge on any atom is 0.272 e. The molecule has 4 rings (SSSR count). The topological polar surface area (TPSA) is 112 Å². The van der Waals surface area contributed by atoms with E-state index in [4.69, 9.17) is 5.26 Å². The van der Waals surface area contributed by atoms with Crippen LogP contribution in [0.1, 0.15) is 36.2 Å². The Hall–Kier alpha value is -3.21. The molecule has 3 aromatic heterocycles. The highest BCUT2D eigenvalue weighted by Gasteiger charge is 2.22. The molecule has 0 unspecified atom stereocenters. The second-order valence-corrected chi connectivity index (χ2v) is 6.64. The first-order valence-electron chi connectivity index (χ1n) is 8.76. The smallest absolute Gasteiger partial charge is 0.272 e. The Balaban J connectivity index is 1.51. The summed E-state index contributed by atoms with van der Waals surface area (Å²) in [5.74, 6) is 0.774. The number of H-pyrrole nitrogens is 1. The molecule has 1 fully saturated rings. The van der Waals surface area contributed by atoms with Gasteiger partial charge in [-0.15, -0.1) is 0 Å². The SMILES string of the molecule is N#CC1CCC(CNC(=O)c2nc(-n3ccnc3)nc3cc[nH]c23)CC1. The number of amides is 1. The lowest BCUT2D eigenvalue weighted by Crippen LogP contribution is -2.32. The molecule has 3 aromatic rings. The lowest BCUT2D eigenvalue weighted by Gasteiger charge is -2.24. The average molecular weight is 349 g/mol. The van der Waals surface area contributed by atoms with Crippen LogP contribution in [0.25, 0.3) is 17.0 Å². The molecule has 0 radical (unpaired) electrons. The lowest BCUT2D eigenvalue weighted by atomic mass is 9.83. The molecule has 0 spiro atoms. The van der Waals surface area contributed by atoms with Crippen LogP contribution in [0.3, 0.4) is 0 Å². The van der Waals surface area contributed by atoms with Crippen molar-refractivity contribution in [3.05, 3.63) is 36.7 Å². The Bertz CT molecular complexity index is 946. The van der Waals surface area contributed by atoms with Crippen molar-refractivity contribution in [3.63, 3.8) is 0 Å². The van der Waals surface area contributed by atoms with Crippen LogP contribution in [-0.2, 0) is 0 Å². The van der Waals surface area contributed by atoms with Gasteiger partial charge in [0, 0.05) is 31.1 Å². The average Bonchev–Trinajstić information content (AvgIpc) is 3.37. The maximum absolute atomic E-state index is 12.7. The number of nitrogens with one attached hydrogen (secondary N) is 2. The number of nitriles is 1. The van der Waals surface area contributed by atoms with E-state index in [1.165, 1.54) is 0 Å². The van der Waals surface area contributed by atoms with Gasteiger partial charge in [0.2, 0.25) is 5.95 Å². The highest BCUT2D eigenvalue weighted by molar-refractivity contribution is 6.03. The Morgan fingerprint density at radius 1 is 1.35 bits per heavy atom. The van der Waals surface area contributed by atoms with E-state index in [1.807, 2.05) is 6.07 Å². The molecule has 26 heavy (non-hydrogen) atoms. The summed E-state index contributed by atoms with van der Waals surface area (Å²) in [4.78, 5) is 28.7. The summed E-state index contributed by atoms with van der Waals surface area (Å²) in [7, 11) is 0. The van der Waals surface area contributed by atoms with Crippen LogP contribution in [-0.4, -0.2) is 37.0 Å². The Morgan fingerprint density at radius 2 is 2.19 bits per heavy atom. The summed E-state index contributed by atoms with van der Waals surface area (Å²) in [6.45, 7) is 0.601. The van der Waals surface area contributed by atoms with Crippen LogP contribution in [0.2, 0.25) is 0 Å². The van der Waals surface area contributed by atoms with Crippen molar-refractivity contribution in [1.29, 1.82) is 5.26 Å². The Labute approximate surface area is 150 Å². The number of hydrogen-bond acceptors (Lipinski definition) is 5. The molecule has 0 saturated heterocycles. The summed E-state index contributed by atoms with van der Waals surface area (Å²) >= 11 is 0. The van der Waals surface area contributed by atoms with Gasteiger partial charge in [0.25, 0.3) is 5.91 Å². The summed E-state index contributed by atoms with van der Waals surface area (Å²) in [5, 5.41) is 12.0. The predicted molar refractivity (Wildman–Crippen MR) is 94.4 cm³/mol. The van der Waals surface area contributed by atoms with Gasteiger partial charge in [-0.05, 0) is 37.7 Å². The van der Waals surface area contributed by atoms with E-state index in [0.29, 0.717) is 35.1 Å². The van der Waals surface area contributed by atoms with Crippen molar-refractivity contribution in [2.24, 2.45) is 11.8 Å². The fourth-order valence-electron chi connectivity index (χ4n) is 3.41. The maximum atomic E-state index is 12.7. The first kappa shape index (κ1) is 16.3. The molecule has 8 nitrogen and oxygen atoms in total. The van der Waals surface area contributed by atoms with Crippen LogP contribution in [0.5, 0.6) is 0 Å². The van der Waals surface area contributed by atoms with Crippen molar-refractivity contribution in [1.82, 2.24) is 29.8 Å². The van der Waals surface area contributed by atoms with Crippen molar-refractivity contribution in [2.75, 3.05) is 6.54 Å². The first-order valence-corrected chi connectivity index (χ1v) is 8.76. The predicted octanol–water partition coefficient (Wildman–Crippen LogP) is 2.20. The number of hydrogen-bond donors (Lipinski definition) is 2. The standard InChI is InChI=1S/C18H19N7O/c19-9-12-1-3-13(4-2-12)10-22-17(26)16-15-14(5-6-21-15)23-18(24-16)25-8-7-20-11-25/h5-8,11-13,21H,1-4,10H2,(H,22,26). The van der Waals surface area contributed by atoms with E-state index < -0.39 is 0 Å². The van der Waals surface area contributed by atoms with Crippen LogP contribution >= 0.6 is 0 Å². The molecule has 8 heteroatoms. The molecular weight excluding hydrogens is 330 g/mol. The minimum absolute atomic E-state index is 0.167. The van der Waals surface area contributed by atoms with Gasteiger partial charge in [-0.1, -0.05) is 0 Å². The first-order chi connectivity index (χ1) is 12.7. The van der Waals surface area contributed by atoms with Crippen LogP contribution < -0.4 is 5.32 Å². The van der Waals surface area contributed by atoms with Gasteiger partial charge in [0.15, 0.2) is 5.69 Å². The van der Waals surface area contributed by atoms with Crippen LogP contribution in [0.4, 0.5) is 0 Å². The van der Waals surface area contributed by atoms with E-state index in [-0.39, 0.29) is 11.8 Å². The summed E-state index contributed by atoms with van der Waals surface area (Å²) in [6.07, 6.45) is 10.5. The van der Waals surface area contributed by atoms with Gasteiger partial charge >= 0.3 is 0 Å². The fourth-order valence-corrected chi connectivity index (χ4v) is 3.41. The molecule has 0 aromatic carbocycles. The monoisotopic (exact) mass is 349 g/mol. The van der Waals surface area contributed by atoms with Crippen molar-refractivity contribution in [2.45, 2.75) is 25.7 Å². The summed E-state index contributed by atoms with van der Waals surface area (Å²) < 4.78 is 1.67. The number of nitrogens with zero attached hydrogens (tertiary/aromatic N) is 5. The molecule has 1 saturated carbocycles. The molecule has 2 N–H and O–H groups in total. The highest BCUT2D eigenvalue weighted by Crippen LogP contribution is 2.27. The van der Waals surface area contributed by atoms with Crippen molar-refractivity contribution in [3.8, 4) is 12.0 Å². The molecule has 0 bridgehead atoms. The third-order valence-corrected chi connectivity index (χ3v) is 4.93. The fraction of sp³-hybridized carbons (Fsp3) is 0.389. The Morgan fingerprint density at radius 3 is 2.92 bits per heavy atom. The highest BCUT2D eigenvalue weighted by atomic mass is 16.1. The summed E-state index contributed by atoms with van der Waals surface area (Å²) in [6, 6.07) is 4.15. The minimum atomic E-state index is -0.219. The molecule has 1 aliphatic carbocycles. The Kier molecular flexibility index (Phi) is 4.35. The third-order valence-electron chi connectivity index (χ3n) is 4.93. The molecule has 1 aliphatic rings. The van der Waals surface area contributed by atoms with Gasteiger partial charge in [-0.2, -0.15) is 5.26 Å². The van der Waals surface area contributed by atoms with E-state index >= 15 is 0 Å². The number of aromatic nitrogens is 5. The molecule has 0 aliphatic heterocycles. The normalized spacial score (nSPS) is 20.0. The van der Waals surface area contributed by atoms with Crippen molar-refractivity contribution >= 4 is 16.9 Å². The zero-order valence-corrected chi connectivity index (χ0v) is 14.2. The molecule has 132 valence electrons.